The fraction of sp³-hybridized carbons (Fsp3) is 0.176. The first kappa shape index (κ1) is 15.3. The van der Waals surface area contributed by atoms with E-state index in [2.05, 4.69) is 16.0 Å². The molecule has 0 bridgehead atoms. The first-order valence-electron chi connectivity index (χ1n) is 7.27. The van der Waals surface area contributed by atoms with Gasteiger partial charge in [-0.05, 0) is 42.4 Å². The van der Waals surface area contributed by atoms with E-state index in [-0.39, 0.29) is 5.56 Å². The summed E-state index contributed by atoms with van der Waals surface area (Å²) in [6.45, 7) is 2.59. The molecule has 1 aromatic carbocycles. The van der Waals surface area contributed by atoms with E-state index in [0.29, 0.717) is 33.2 Å². The van der Waals surface area contributed by atoms with E-state index in [1.54, 1.807) is 29.0 Å². The van der Waals surface area contributed by atoms with Gasteiger partial charge in [0, 0.05) is 12.7 Å². The third-order valence-corrected chi connectivity index (χ3v) is 4.37. The van der Waals surface area contributed by atoms with Crippen LogP contribution in [0.15, 0.2) is 57.6 Å². The summed E-state index contributed by atoms with van der Waals surface area (Å²) in [5.41, 5.74) is 1.07. The highest BCUT2D eigenvalue weighted by molar-refractivity contribution is 7.99. The van der Waals surface area contributed by atoms with Crippen molar-refractivity contribution < 1.29 is 0 Å². The van der Waals surface area contributed by atoms with Gasteiger partial charge >= 0.3 is 0 Å². The van der Waals surface area contributed by atoms with Crippen molar-refractivity contribution >= 4 is 22.7 Å². The minimum absolute atomic E-state index is 0.0608. The molecule has 5 nitrogen and oxygen atoms in total. The van der Waals surface area contributed by atoms with Gasteiger partial charge < -0.3 is 0 Å². The third-order valence-electron chi connectivity index (χ3n) is 3.35. The standard InChI is InChI=1S/C17H14N4OS/c1-2-10-21-16(22)13-7-3-4-8-14(13)20-17(21)23-15-12(11-18)6-5-9-19-15/h3-9H,2,10H2,1H3. The summed E-state index contributed by atoms with van der Waals surface area (Å²) < 4.78 is 1.66. The number of fused-ring (bicyclic) bond motifs is 1. The Labute approximate surface area is 137 Å². The minimum atomic E-state index is -0.0608. The van der Waals surface area contributed by atoms with Crippen LogP contribution in [0.3, 0.4) is 0 Å². The van der Waals surface area contributed by atoms with Gasteiger partial charge in [-0.15, -0.1) is 0 Å². The van der Waals surface area contributed by atoms with Gasteiger partial charge in [-0.25, -0.2) is 9.97 Å². The van der Waals surface area contributed by atoms with Crippen molar-refractivity contribution in [1.82, 2.24) is 14.5 Å². The van der Waals surface area contributed by atoms with Crippen LogP contribution in [0.1, 0.15) is 18.9 Å². The van der Waals surface area contributed by atoms with E-state index >= 15 is 0 Å². The van der Waals surface area contributed by atoms with Crippen LogP contribution in [0.25, 0.3) is 10.9 Å². The molecule has 23 heavy (non-hydrogen) atoms. The lowest BCUT2D eigenvalue weighted by Gasteiger charge is -2.12. The van der Waals surface area contributed by atoms with Gasteiger partial charge in [0.25, 0.3) is 5.56 Å². The maximum Gasteiger partial charge on any atom is 0.262 e. The van der Waals surface area contributed by atoms with E-state index in [1.807, 2.05) is 25.1 Å². The van der Waals surface area contributed by atoms with Crippen LogP contribution in [0.5, 0.6) is 0 Å². The maximum absolute atomic E-state index is 12.7. The molecule has 114 valence electrons. The Kier molecular flexibility index (Phi) is 4.40. The molecular formula is C17H14N4OS. The number of para-hydroxylation sites is 1. The molecule has 0 radical (unpaired) electrons. The van der Waals surface area contributed by atoms with Gasteiger partial charge in [-0.2, -0.15) is 5.26 Å². The Hall–Kier alpha value is -2.65. The molecule has 0 aliphatic heterocycles. The normalized spacial score (nSPS) is 10.6. The van der Waals surface area contributed by atoms with Crippen molar-refractivity contribution in [2.75, 3.05) is 0 Å². The molecule has 0 unspecified atom stereocenters. The van der Waals surface area contributed by atoms with E-state index in [9.17, 15) is 10.1 Å². The predicted molar refractivity (Wildman–Crippen MR) is 89.4 cm³/mol. The summed E-state index contributed by atoms with van der Waals surface area (Å²) in [6, 6.07) is 12.8. The van der Waals surface area contributed by atoms with Crippen molar-refractivity contribution in [2.45, 2.75) is 30.1 Å². The molecule has 0 aliphatic rings. The number of nitriles is 1. The van der Waals surface area contributed by atoms with Crippen LogP contribution in [-0.4, -0.2) is 14.5 Å². The van der Waals surface area contributed by atoms with Crippen molar-refractivity contribution in [3.8, 4) is 6.07 Å². The van der Waals surface area contributed by atoms with Crippen LogP contribution in [0.4, 0.5) is 0 Å². The van der Waals surface area contributed by atoms with E-state index in [4.69, 9.17) is 0 Å². The second-order valence-electron chi connectivity index (χ2n) is 4.94. The molecule has 3 rings (SSSR count). The van der Waals surface area contributed by atoms with E-state index in [1.165, 1.54) is 11.8 Å². The first-order chi connectivity index (χ1) is 11.2. The zero-order valence-corrected chi connectivity index (χ0v) is 13.4. The summed E-state index contributed by atoms with van der Waals surface area (Å²) in [4.78, 5) is 21.6. The Morgan fingerprint density at radius 3 is 2.87 bits per heavy atom. The molecule has 0 saturated carbocycles. The maximum atomic E-state index is 12.7. The van der Waals surface area contributed by atoms with Crippen molar-refractivity contribution in [1.29, 1.82) is 5.26 Å². The highest BCUT2D eigenvalue weighted by Crippen LogP contribution is 2.27. The van der Waals surface area contributed by atoms with Crippen molar-refractivity contribution in [2.24, 2.45) is 0 Å². The van der Waals surface area contributed by atoms with Crippen molar-refractivity contribution in [3.05, 3.63) is 58.5 Å². The Morgan fingerprint density at radius 2 is 2.09 bits per heavy atom. The van der Waals surface area contributed by atoms with Crippen LogP contribution >= 0.6 is 11.8 Å². The summed E-state index contributed by atoms with van der Waals surface area (Å²) in [5.74, 6) is 0. The van der Waals surface area contributed by atoms with Crippen molar-refractivity contribution in [3.63, 3.8) is 0 Å². The van der Waals surface area contributed by atoms with Gasteiger partial charge in [0.2, 0.25) is 0 Å². The Balaban J connectivity index is 2.18. The lowest BCUT2D eigenvalue weighted by atomic mass is 10.2. The van der Waals surface area contributed by atoms with Crippen LogP contribution in [-0.2, 0) is 6.54 Å². The zero-order valence-electron chi connectivity index (χ0n) is 12.6. The predicted octanol–water partition coefficient (Wildman–Crippen LogP) is 3.22. The topological polar surface area (TPSA) is 71.6 Å². The van der Waals surface area contributed by atoms with Crippen LogP contribution in [0, 0.1) is 11.3 Å². The average Bonchev–Trinajstić information content (AvgIpc) is 2.59. The molecule has 2 heterocycles. The number of hydrogen-bond acceptors (Lipinski definition) is 5. The zero-order chi connectivity index (χ0) is 16.2. The highest BCUT2D eigenvalue weighted by atomic mass is 32.2. The Bertz CT molecular complexity index is 959. The SMILES string of the molecule is CCCn1c(Sc2ncccc2C#N)nc2ccccc2c1=O. The van der Waals surface area contributed by atoms with Gasteiger partial charge in [-0.1, -0.05) is 19.1 Å². The second-order valence-corrected chi connectivity index (χ2v) is 5.89. The molecule has 0 fully saturated rings. The first-order valence-corrected chi connectivity index (χ1v) is 8.08. The number of aromatic nitrogens is 3. The van der Waals surface area contributed by atoms with Gasteiger partial charge in [0.05, 0.1) is 16.5 Å². The summed E-state index contributed by atoms with van der Waals surface area (Å²) in [7, 11) is 0. The van der Waals surface area contributed by atoms with Gasteiger partial charge in [-0.3, -0.25) is 9.36 Å². The van der Waals surface area contributed by atoms with Crippen LogP contribution in [0.2, 0.25) is 0 Å². The Morgan fingerprint density at radius 1 is 1.26 bits per heavy atom. The summed E-state index contributed by atoms with van der Waals surface area (Å²) in [6.07, 6.45) is 2.45. The monoisotopic (exact) mass is 322 g/mol. The molecule has 0 atom stereocenters. The minimum Gasteiger partial charge on any atom is -0.287 e. The fourth-order valence-corrected chi connectivity index (χ4v) is 3.23. The second kappa shape index (κ2) is 6.63. The smallest absolute Gasteiger partial charge is 0.262 e. The quantitative estimate of drug-likeness (QED) is 0.690. The lowest BCUT2D eigenvalue weighted by molar-refractivity contribution is 0.584. The molecule has 0 N–H and O–H groups in total. The van der Waals surface area contributed by atoms with Gasteiger partial charge in [0.15, 0.2) is 5.16 Å². The third kappa shape index (κ3) is 2.96. The lowest BCUT2D eigenvalue weighted by Crippen LogP contribution is -2.23. The molecule has 0 saturated heterocycles. The molecule has 2 aromatic heterocycles. The fourth-order valence-electron chi connectivity index (χ4n) is 2.29. The molecule has 3 aromatic rings. The van der Waals surface area contributed by atoms with Crippen LogP contribution < -0.4 is 5.56 Å². The number of rotatable bonds is 4. The summed E-state index contributed by atoms with van der Waals surface area (Å²) in [5, 5.41) is 10.9. The number of hydrogen-bond donors (Lipinski definition) is 0. The number of pyridine rings is 1. The average molecular weight is 322 g/mol. The molecule has 0 amide bonds. The molecule has 0 aliphatic carbocycles. The molecule has 6 heteroatoms. The van der Waals surface area contributed by atoms with Gasteiger partial charge in [0.1, 0.15) is 11.1 Å². The number of benzene rings is 1. The largest absolute Gasteiger partial charge is 0.287 e. The summed E-state index contributed by atoms with van der Waals surface area (Å²) >= 11 is 1.25. The van der Waals surface area contributed by atoms with E-state index < -0.39 is 0 Å². The highest BCUT2D eigenvalue weighted by Gasteiger charge is 2.14. The molecule has 0 spiro atoms. The van der Waals surface area contributed by atoms with E-state index in [0.717, 1.165) is 6.42 Å². The molecular weight excluding hydrogens is 308 g/mol. The number of nitrogens with zero attached hydrogens (tertiary/aromatic N) is 4.